The third-order valence-electron chi connectivity index (χ3n) is 3.13. The fourth-order valence-electron chi connectivity index (χ4n) is 1.91. The Kier molecular flexibility index (Phi) is 2.26. The Balaban J connectivity index is 1.80. The maximum atomic E-state index is 9.84. The first kappa shape index (κ1) is 10.5. The fourth-order valence-corrected chi connectivity index (χ4v) is 1.91. The van der Waals surface area contributed by atoms with Gasteiger partial charge in [0.15, 0.2) is 0 Å². The number of aryl methyl sites for hydroxylation is 1. The minimum atomic E-state index is -0.429. The highest BCUT2D eigenvalue weighted by atomic mass is 16.3. The van der Waals surface area contributed by atoms with E-state index in [-0.39, 0.29) is 0 Å². The van der Waals surface area contributed by atoms with Crippen LogP contribution in [0.3, 0.4) is 0 Å². The lowest BCUT2D eigenvalue weighted by atomic mass is 10.1. The topological polar surface area (TPSA) is 50.9 Å². The summed E-state index contributed by atoms with van der Waals surface area (Å²) in [6.07, 6.45) is 4.34. The van der Waals surface area contributed by atoms with Crippen molar-refractivity contribution in [2.75, 3.05) is 0 Å². The largest absolute Gasteiger partial charge is 0.390 e. The summed E-state index contributed by atoms with van der Waals surface area (Å²) in [6, 6.07) is 8.04. The number of nitrogens with zero attached hydrogens (tertiary/aromatic N) is 3. The Labute approximate surface area is 99.9 Å². The Morgan fingerprint density at radius 2 is 2.00 bits per heavy atom. The van der Waals surface area contributed by atoms with E-state index in [1.165, 1.54) is 0 Å². The molecule has 3 rings (SSSR count). The molecule has 0 unspecified atom stereocenters. The second-order valence-corrected chi connectivity index (χ2v) is 4.84. The monoisotopic (exact) mass is 229 g/mol. The van der Waals surface area contributed by atoms with Crippen LogP contribution in [0.2, 0.25) is 0 Å². The molecule has 1 fully saturated rings. The molecule has 4 heteroatoms. The molecule has 1 aliphatic rings. The second kappa shape index (κ2) is 3.67. The van der Waals surface area contributed by atoms with E-state index < -0.39 is 5.60 Å². The number of aliphatic hydroxyl groups is 1. The van der Waals surface area contributed by atoms with E-state index >= 15 is 0 Å². The van der Waals surface area contributed by atoms with E-state index in [1.807, 2.05) is 31.2 Å². The molecule has 1 N–H and O–H groups in total. The van der Waals surface area contributed by atoms with E-state index in [2.05, 4.69) is 10.2 Å². The van der Waals surface area contributed by atoms with Gasteiger partial charge >= 0.3 is 0 Å². The number of benzene rings is 1. The molecular formula is C13H15N3O. The summed E-state index contributed by atoms with van der Waals surface area (Å²) in [5, 5.41) is 18.3. The first-order valence-corrected chi connectivity index (χ1v) is 5.85. The van der Waals surface area contributed by atoms with Crippen LogP contribution in [-0.4, -0.2) is 25.7 Å². The number of hydrogen-bond acceptors (Lipinski definition) is 3. The van der Waals surface area contributed by atoms with Crippen molar-refractivity contribution >= 4 is 0 Å². The van der Waals surface area contributed by atoms with Crippen LogP contribution < -0.4 is 0 Å². The van der Waals surface area contributed by atoms with Gasteiger partial charge in [0.25, 0.3) is 0 Å². The Hall–Kier alpha value is -1.68. The molecule has 0 bridgehead atoms. The van der Waals surface area contributed by atoms with Crippen LogP contribution >= 0.6 is 0 Å². The third kappa shape index (κ3) is 2.22. The van der Waals surface area contributed by atoms with Crippen LogP contribution in [0, 0.1) is 6.92 Å². The van der Waals surface area contributed by atoms with Gasteiger partial charge in [-0.15, -0.1) is 0 Å². The summed E-state index contributed by atoms with van der Waals surface area (Å²) in [5.41, 5.74) is 2.59. The molecular weight excluding hydrogens is 214 g/mol. The van der Waals surface area contributed by atoms with Crippen molar-refractivity contribution in [3.63, 3.8) is 0 Å². The lowest BCUT2D eigenvalue weighted by molar-refractivity contribution is 0.151. The van der Waals surface area contributed by atoms with Crippen LogP contribution in [0.1, 0.15) is 24.1 Å². The van der Waals surface area contributed by atoms with Crippen molar-refractivity contribution in [2.45, 2.75) is 31.8 Å². The molecule has 1 heterocycles. The fraction of sp³-hybridized carbons (Fsp3) is 0.385. The van der Waals surface area contributed by atoms with Crippen molar-refractivity contribution in [1.29, 1.82) is 0 Å². The highest BCUT2D eigenvalue weighted by molar-refractivity contribution is 5.33. The maximum Gasteiger partial charge on any atom is 0.0856 e. The van der Waals surface area contributed by atoms with Gasteiger partial charge in [-0.1, -0.05) is 12.1 Å². The lowest BCUT2D eigenvalue weighted by Gasteiger charge is -2.07. The summed E-state index contributed by atoms with van der Waals surface area (Å²) in [4.78, 5) is 1.62. The standard InChI is InChI=1S/C13H15N3O/c1-10-9-14-16(15-10)12-4-2-11(3-5-12)8-13(17)6-7-13/h2-5,9,17H,6-8H2,1H3. The quantitative estimate of drug-likeness (QED) is 0.870. The third-order valence-corrected chi connectivity index (χ3v) is 3.13. The summed E-state index contributed by atoms with van der Waals surface area (Å²) in [6.45, 7) is 1.92. The minimum Gasteiger partial charge on any atom is -0.390 e. The van der Waals surface area contributed by atoms with Crippen LogP contribution in [-0.2, 0) is 6.42 Å². The van der Waals surface area contributed by atoms with Crippen LogP contribution in [0.4, 0.5) is 0 Å². The summed E-state index contributed by atoms with van der Waals surface area (Å²) >= 11 is 0. The minimum absolute atomic E-state index is 0.429. The summed E-state index contributed by atoms with van der Waals surface area (Å²) in [5.74, 6) is 0. The molecule has 4 nitrogen and oxygen atoms in total. The van der Waals surface area contributed by atoms with E-state index in [0.29, 0.717) is 0 Å². The first-order valence-electron chi connectivity index (χ1n) is 5.85. The van der Waals surface area contributed by atoms with Gasteiger partial charge in [-0.05, 0) is 37.5 Å². The molecule has 1 aromatic heterocycles. The molecule has 2 aromatic rings. The van der Waals surface area contributed by atoms with E-state index in [1.54, 1.807) is 11.0 Å². The Morgan fingerprint density at radius 3 is 2.53 bits per heavy atom. The Morgan fingerprint density at radius 1 is 1.29 bits per heavy atom. The number of hydrogen-bond donors (Lipinski definition) is 1. The molecule has 0 spiro atoms. The summed E-state index contributed by atoms with van der Waals surface area (Å²) < 4.78 is 0. The molecule has 1 aromatic carbocycles. The molecule has 1 aliphatic carbocycles. The predicted octanol–water partition coefficient (Wildman–Crippen LogP) is 1.64. The predicted molar refractivity (Wildman–Crippen MR) is 64.0 cm³/mol. The van der Waals surface area contributed by atoms with Gasteiger partial charge in [-0.2, -0.15) is 15.0 Å². The molecule has 0 aliphatic heterocycles. The normalized spacial score (nSPS) is 17.1. The number of rotatable bonds is 3. The molecule has 0 saturated heterocycles. The molecule has 17 heavy (non-hydrogen) atoms. The van der Waals surface area contributed by atoms with Gasteiger partial charge in [0.1, 0.15) is 0 Å². The lowest BCUT2D eigenvalue weighted by Crippen LogP contribution is -2.10. The van der Waals surface area contributed by atoms with Crippen molar-refractivity contribution in [1.82, 2.24) is 15.0 Å². The van der Waals surface area contributed by atoms with Gasteiger partial charge < -0.3 is 5.11 Å². The SMILES string of the molecule is Cc1cnn(-c2ccc(CC3(O)CC3)cc2)n1. The van der Waals surface area contributed by atoms with Gasteiger partial charge in [-0.3, -0.25) is 0 Å². The first-order chi connectivity index (χ1) is 8.15. The smallest absolute Gasteiger partial charge is 0.0856 e. The zero-order chi connectivity index (χ0) is 11.9. The highest BCUT2D eigenvalue weighted by Gasteiger charge is 2.39. The molecule has 1 saturated carbocycles. The van der Waals surface area contributed by atoms with Gasteiger partial charge in [0.05, 0.1) is 23.2 Å². The molecule has 0 amide bonds. The molecule has 0 atom stereocenters. The van der Waals surface area contributed by atoms with Crippen LogP contribution in [0.25, 0.3) is 5.69 Å². The van der Waals surface area contributed by atoms with Crippen molar-refractivity contribution in [3.05, 3.63) is 41.7 Å². The Bertz CT molecular complexity index is 526. The van der Waals surface area contributed by atoms with Gasteiger partial charge in [0.2, 0.25) is 0 Å². The van der Waals surface area contributed by atoms with Gasteiger partial charge in [-0.25, -0.2) is 0 Å². The van der Waals surface area contributed by atoms with Gasteiger partial charge in [0, 0.05) is 6.42 Å². The summed E-state index contributed by atoms with van der Waals surface area (Å²) in [7, 11) is 0. The van der Waals surface area contributed by atoms with Crippen molar-refractivity contribution < 1.29 is 5.11 Å². The van der Waals surface area contributed by atoms with Crippen LogP contribution in [0.5, 0.6) is 0 Å². The zero-order valence-corrected chi connectivity index (χ0v) is 9.80. The van der Waals surface area contributed by atoms with E-state index in [9.17, 15) is 5.11 Å². The average molecular weight is 229 g/mol. The van der Waals surface area contributed by atoms with E-state index in [0.717, 1.165) is 36.2 Å². The molecule has 0 radical (unpaired) electrons. The second-order valence-electron chi connectivity index (χ2n) is 4.84. The van der Waals surface area contributed by atoms with E-state index in [4.69, 9.17) is 0 Å². The highest BCUT2D eigenvalue weighted by Crippen LogP contribution is 2.38. The van der Waals surface area contributed by atoms with Crippen molar-refractivity contribution in [2.24, 2.45) is 0 Å². The maximum absolute atomic E-state index is 9.84. The zero-order valence-electron chi connectivity index (χ0n) is 9.80. The van der Waals surface area contributed by atoms with Crippen molar-refractivity contribution in [3.8, 4) is 5.69 Å². The van der Waals surface area contributed by atoms with Crippen LogP contribution in [0.15, 0.2) is 30.5 Å². The average Bonchev–Trinajstić information content (AvgIpc) is 2.87. The number of aromatic nitrogens is 3. The molecule has 88 valence electrons.